The van der Waals surface area contributed by atoms with Crippen molar-refractivity contribution in [2.24, 2.45) is 0 Å². The molecule has 6 heteroatoms. The molecule has 0 radical (unpaired) electrons. The van der Waals surface area contributed by atoms with Gasteiger partial charge in [-0.05, 0) is 19.4 Å². The Hall–Kier alpha value is -1.56. The van der Waals surface area contributed by atoms with Crippen LogP contribution in [0.3, 0.4) is 0 Å². The van der Waals surface area contributed by atoms with Crippen LogP contribution in [0.15, 0.2) is 18.5 Å². The summed E-state index contributed by atoms with van der Waals surface area (Å²) >= 11 is 0. The van der Waals surface area contributed by atoms with Gasteiger partial charge in [-0.2, -0.15) is 5.10 Å². The minimum atomic E-state index is 0.00520. The van der Waals surface area contributed by atoms with Gasteiger partial charge in [-0.15, -0.1) is 0 Å². The molecular weight excluding hydrogens is 232 g/mol. The lowest BCUT2D eigenvalue weighted by Gasteiger charge is -2.31. The highest BCUT2D eigenvalue weighted by Crippen LogP contribution is 2.04. The maximum absolute atomic E-state index is 11.8. The first kappa shape index (κ1) is 12.9. The Morgan fingerprint density at radius 2 is 2.50 bits per heavy atom. The van der Waals surface area contributed by atoms with Crippen molar-refractivity contribution in [1.82, 2.24) is 20.0 Å². The number of carbonyl (C=O) groups excluding carboxylic acids is 1. The Morgan fingerprint density at radius 1 is 1.61 bits per heavy atom. The molecular formula is C12H20N4O2. The van der Waals surface area contributed by atoms with Crippen LogP contribution in [-0.4, -0.2) is 53.1 Å². The van der Waals surface area contributed by atoms with Crippen LogP contribution in [0.25, 0.3) is 0 Å². The molecule has 0 aromatic carbocycles. The van der Waals surface area contributed by atoms with E-state index in [0.29, 0.717) is 26.2 Å². The van der Waals surface area contributed by atoms with E-state index in [1.807, 2.05) is 28.8 Å². The van der Waals surface area contributed by atoms with Crippen molar-refractivity contribution >= 4 is 6.03 Å². The molecule has 2 heterocycles. The standard InChI is InChI=1S/C12H20N4O2/c1-11-10-15(8-9-18-11)12(17)13-4-2-6-16-7-3-5-14-16/h3,5,7,11H,2,4,6,8-10H2,1H3,(H,13,17). The number of rotatable bonds is 4. The molecule has 1 atom stereocenters. The Kier molecular flexibility index (Phi) is 4.58. The smallest absolute Gasteiger partial charge is 0.317 e. The number of amides is 2. The molecule has 0 saturated carbocycles. The van der Waals surface area contributed by atoms with Crippen LogP contribution in [0.1, 0.15) is 13.3 Å². The summed E-state index contributed by atoms with van der Waals surface area (Å²) in [7, 11) is 0. The third kappa shape index (κ3) is 3.73. The molecule has 1 aromatic rings. The predicted octanol–water partition coefficient (Wildman–Crippen LogP) is 0.703. The van der Waals surface area contributed by atoms with E-state index >= 15 is 0 Å². The van der Waals surface area contributed by atoms with Gasteiger partial charge in [0.15, 0.2) is 0 Å². The minimum absolute atomic E-state index is 0.00520. The lowest BCUT2D eigenvalue weighted by molar-refractivity contribution is -0.00345. The van der Waals surface area contributed by atoms with Crippen LogP contribution in [0.4, 0.5) is 4.79 Å². The SMILES string of the molecule is CC1CN(C(=O)NCCCn2cccn2)CCO1. The van der Waals surface area contributed by atoms with E-state index in [2.05, 4.69) is 10.4 Å². The fraction of sp³-hybridized carbons (Fsp3) is 0.667. The van der Waals surface area contributed by atoms with Crippen molar-refractivity contribution in [1.29, 1.82) is 0 Å². The molecule has 0 aliphatic carbocycles. The Labute approximate surface area is 107 Å². The van der Waals surface area contributed by atoms with E-state index in [9.17, 15) is 4.79 Å². The molecule has 1 aliphatic rings. The fourth-order valence-electron chi connectivity index (χ4n) is 1.98. The summed E-state index contributed by atoms with van der Waals surface area (Å²) in [5, 5.41) is 7.04. The van der Waals surface area contributed by atoms with Gasteiger partial charge in [0.2, 0.25) is 0 Å². The Bertz CT molecular complexity index is 366. The first-order valence-electron chi connectivity index (χ1n) is 6.37. The Morgan fingerprint density at radius 3 is 3.22 bits per heavy atom. The number of ether oxygens (including phenoxy) is 1. The summed E-state index contributed by atoms with van der Waals surface area (Å²) in [6, 6.07) is 1.90. The van der Waals surface area contributed by atoms with Gasteiger partial charge in [-0.1, -0.05) is 0 Å². The normalized spacial score (nSPS) is 19.8. The lowest BCUT2D eigenvalue weighted by atomic mass is 10.3. The van der Waals surface area contributed by atoms with Gasteiger partial charge in [-0.25, -0.2) is 4.79 Å². The second-order valence-electron chi connectivity index (χ2n) is 4.48. The maximum atomic E-state index is 11.8. The molecule has 1 aromatic heterocycles. The zero-order valence-corrected chi connectivity index (χ0v) is 10.7. The predicted molar refractivity (Wildman–Crippen MR) is 67.2 cm³/mol. The largest absolute Gasteiger partial charge is 0.375 e. The molecule has 2 amide bonds. The molecule has 6 nitrogen and oxygen atoms in total. The minimum Gasteiger partial charge on any atom is -0.375 e. The molecule has 1 saturated heterocycles. The van der Waals surface area contributed by atoms with E-state index in [1.165, 1.54) is 0 Å². The number of urea groups is 1. The quantitative estimate of drug-likeness (QED) is 0.803. The second kappa shape index (κ2) is 6.39. The number of aryl methyl sites for hydroxylation is 1. The topological polar surface area (TPSA) is 59.4 Å². The summed E-state index contributed by atoms with van der Waals surface area (Å²) in [5.74, 6) is 0. The summed E-state index contributed by atoms with van der Waals surface area (Å²) in [6.07, 6.45) is 4.69. The highest BCUT2D eigenvalue weighted by atomic mass is 16.5. The number of carbonyl (C=O) groups is 1. The summed E-state index contributed by atoms with van der Waals surface area (Å²) in [5.41, 5.74) is 0. The van der Waals surface area contributed by atoms with E-state index < -0.39 is 0 Å². The zero-order chi connectivity index (χ0) is 12.8. The van der Waals surface area contributed by atoms with Crippen molar-refractivity contribution in [3.8, 4) is 0 Å². The first-order valence-corrected chi connectivity index (χ1v) is 6.37. The highest BCUT2D eigenvalue weighted by molar-refractivity contribution is 5.74. The fourth-order valence-corrected chi connectivity index (χ4v) is 1.98. The number of nitrogens with zero attached hydrogens (tertiary/aromatic N) is 3. The van der Waals surface area contributed by atoms with Crippen LogP contribution in [0.2, 0.25) is 0 Å². The van der Waals surface area contributed by atoms with Crippen molar-refractivity contribution in [3.05, 3.63) is 18.5 Å². The van der Waals surface area contributed by atoms with Gasteiger partial charge in [0, 0.05) is 38.6 Å². The monoisotopic (exact) mass is 252 g/mol. The summed E-state index contributed by atoms with van der Waals surface area (Å²) in [6.45, 7) is 5.45. The average molecular weight is 252 g/mol. The van der Waals surface area contributed by atoms with Gasteiger partial charge in [0.05, 0.1) is 12.7 Å². The highest BCUT2D eigenvalue weighted by Gasteiger charge is 2.20. The van der Waals surface area contributed by atoms with Gasteiger partial charge < -0.3 is 15.0 Å². The lowest BCUT2D eigenvalue weighted by Crippen LogP contribution is -2.49. The van der Waals surface area contributed by atoms with Crippen LogP contribution in [-0.2, 0) is 11.3 Å². The molecule has 2 rings (SSSR count). The zero-order valence-electron chi connectivity index (χ0n) is 10.7. The molecule has 18 heavy (non-hydrogen) atoms. The van der Waals surface area contributed by atoms with Gasteiger partial charge in [0.25, 0.3) is 0 Å². The van der Waals surface area contributed by atoms with E-state index in [4.69, 9.17) is 4.74 Å². The van der Waals surface area contributed by atoms with Crippen LogP contribution < -0.4 is 5.32 Å². The third-order valence-electron chi connectivity index (χ3n) is 2.93. The van der Waals surface area contributed by atoms with Crippen molar-refractivity contribution in [2.45, 2.75) is 26.0 Å². The van der Waals surface area contributed by atoms with Gasteiger partial charge in [-0.3, -0.25) is 4.68 Å². The van der Waals surface area contributed by atoms with Crippen molar-refractivity contribution in [3.63, 3.8) is 0 Å². The average Bonchev–Trinajstić information content (AvgIpc) is 2.87. The van der Waals surface area contributed by atoms with Crippen molar-refractivity contribution in [2.75, 3.05) is 26.2 Å². The maximum Gasteiger partial charge on any atom is 0.317 e. The summed E-state index contributed by atoms with van der Waals surface area (Å²) < 4.78 is 7.26. The van der Waals surface area contributed by atoms with Crippen LogP contribution in [0.5, 0.6) is 0 Å². The van der Waals surface area contributed by atoms with Crippen LogP contribution >= 0.6 is 0 Å². The van der Waals surface area contributed by atoms with E-state index in [1.54, 1.807) is 6.20 Å². The molecule has 1 fully saturated rings. The first-order chi connectivity index (χ1) is 8.75. The number of hydrogen-bond acceptors (Lipinski definition) is 3. The van der Waals surface area contributed by atoms with Crippen molar-refractivity contribution < 1.29 is 9.53 Å². The molecule has 1 unspecified atom stereocenters. The van der Waals surface area contributed by atoms with E-state index in [-0.39, 0.29) is 12.1 Å². The molecule has 0 bridgehead atoms. The molecule has 1 N–H and O–H groups in total. The number of aromatic nitrogens is 2. The van der Waals surface area contributed by atoms with Gasteiger partial charge >= 0.3 is 6.03 Å². The third-order valence-corrected chi connectivity index (χ3v) is 2.93. The molecule has 100 valence electrons. The summed E-state index contributed by atoms with van der Waals surface area (Å²) in [4.78, 5) is 13.6. The molecule has 0 spiro atoms. The van der Waals surface area contributed by atoms with E-state index in [0.717, 1.165) is 13.0 Å². The number of hydrogen-bond donors (Lipinski definition) is 1. The molecule has 1 aliphatic heterocycles. The number of nitrogens with one attached hydrogen (secondary N) is 1. The number of morpholine rings is 1. The second-order valence-corrected chi connectivity index (χ2v) is 4.48. The van der Waals surface area contributed by atoms with Crippen LogP contribution in [0, 0.1) is 0 Å². The van der Waals surface area contributed by atoms with Gasteiger partial charge in [0.1, 0.15) is 0 Å². The Balaban J connectivity index is 1.62.